The Morgan fingerprint density at radius 3 is 2.76 bits per heavy atom. The van der Waals surface area contributed by atoms with Crippen molar-refractivity contribution in [1.82, 2.24) is 19.2 Å². The van der Waals surface area contributed by atoms with Crippen molar-refractivity contribution < 1.29 is 27.4 Å². The molecule has 0 saturated heterocycles. The van der Waals surface area contributed by atoms with E-state index in [1.165, 1.54) is 6.07 Å². The van der Waals surface area contributed by atoms with Gasteiger partial charge in [-0.15, -0.1) is 0 Å². The minimum absolute atomic E-state index is 0.0157. The number of anilines is 1. The zero-order valence-electron chi connectivity index (χ0n) is 17.6. The standard InChI is InChI=1S/C22H21F4N5O2/c1-14(17-10-16(23)2-3-19(17)33-13-22(24,25)26)28-20-5-7-31-21(29-20)18(11-27-31)15-4-6-30(12-15)8-9-32/h2-7,10-12,14,32H,8-9,13H2,1H3,(H,28,29)/t14-/m1/s1. The normalized spacial score (nSPS) is 12.8. The van der Waals surface area contributed by atoms with Crippen molar-refractivity contribution in [2.24, 2.45) is 0 Å². The van der Waals surface area contributed by atoms with Gasteiger partial charge in [0.15, 0.2) is 12.3 Å². The van der Waals surface area contributed by atoms with E-state index in [1.807, 2.05) is 23.0 Å². The van der Waals surface area contributed by atoms with Crippen LogP contribution in [-0.2, 0) is 6.54 Å². The molecule has 0 aliphatic rings. The number of rotatable bonds is 8. The number of hydrogen-bond acceptors (Lipinski definition) is 5. The average molecular weight is 463 g/mol. The van der Waals surface area contributed by atoms with E-state index in [9.17, 15) is 17.6 Å². The maximum absolute atomic E-state index is 13.8. The fourth-order valence-corrected chi connectivity index (χ4v) is 3.46. The monoisotopic (exact) mass is 463 g/mol. The van der Waals surface area contributed by atoms with E-state index in [1.54, 1.807) is 29.9 Å². The highest BCUT2D eigenvalue weighted by Gasteiger charge is 2.29. The third kappa shape index (κ3) is 5.25. The summed E-state index contributed by atoms with van der Waals surface area (Å²) in [5, 5.41) is 16.5. The first-order valence-electron chi connectivity index (χ1n) is 10.1. The van der Waals surface area contributed by atoms with E-state index >= 15 is 0 Å². The lowest BCUT2D eigenvalue weighted by molar-refractivity contribution is -0.153. The van der Waals surface area contributed by atoms with Gasteiger partial charge in [-0.25, -0.2) is 13.9 Å². The van der Waals surface area contributed by atoms with E-state index in [2.05, 4.69) is 15.4 Å². The summed E-state index contributed by atoms with van der Waals surface area (Å²) in [5.41, 5.74) is 2.42. The second kappa shape index (κ2) is 9.10. The lowest BCUT2D eigenvalue weighted by atomic mass is 10.1. The molecule has 0 aliphatic heterocycles. The number of aliphatic hydroxyl groups excluding tert-OH is 1. The summed E-state index contributed by atoms with van der Waals surface area (Å²) >= 11 is 0. The number of halogens is 4. The number of ether oxygens (including phenoxy) is 1. The van der Waals surface area contributed by atoms with Crippen molar-refractivity contribution in [3.63, 3.8) is 0 Å². The fraction of sp³-hybridized carbons (Fsp3) is 0.273. The molecule has 0 radical (unpaired) electrons. The molecule has 33 heavy (non-hydrogen) atoms. The van der Waals surface area contributed by atoms with Gasteiger partial charge >= 0.3 is 6.18 Å². The van der Waals surface area contributed by atoms with E-state index < -0.39 is 24.6 Å². The molecular weight excluding hydrogens is 442 g/mol. The van der Waals surface area contributed by atoms with Crippen molar-refractivity contribution in [2.45, 2.75) is 25.7 Å². The van der Waals surface area contributed by atoms with Gasteiger partial charge in [-0.1, -0.05) is 0 Å². The Labute approximate surface area is 186 Å². The Hall–Kier alpha value is -3.60. The van der Waals surface area contributed by atoms with Gasteiger partial charge in [0.25, 0.3) is 0 Å². The second-order valence-electron chi connectivity index (χ2n) is 7.45. The summed E-state index contributed by atoms with van der Waals surface area (Å²) in [5.74, 6) is -0.227. The number of aromatic nitrogens is 4. The van der Waals surface area contributed by atoms with Crippen LogP contribution in [-0.4, -0.2) is 43.7 Å². The molecule has 7 nitrogen and oxygen atoms in total. The molecule has 1 atom stereocenters. The van der Waals surface area contributed by atoms with Crippen LogP contribution in [0.25, 0.3) is 16.8 Å². The van der Waals surface area contributed by atoms with Gasteiger partial charge < -0.3 is 19.7 Å². The Bertz CT molecular complexity index is 1250. The van der Waals surface area contributed by atoms with Crippen LogP contribution in [0.2, 0.25) is 0 Å². The summed E-state index contributed by atoms with van der Waals surface area (Å²) in [7, 11) is 0. The summed E-state index contributed by atoms with van der Waals surface area (Å²) in [6.45, 7) is 0.677. The van der Waals surface area contributed by atoms with Crippen LogP contribution in [0.3, 0.4) is 0 Å². The molecule has 0 unspecified atom stereocenters. The lowest BCUT2D eigenvalue weighted by Crippen LogP contribution is -2.20. The molecule has 0 aliphatic carbocycles. The Morgan fingerprint density at radius 1 is 1.18 bits per heavy atom. The second-order valence-corrected chi connectivity index (χ2v) is 7.45. The first-order valence-corrected chi connectivity index (χ1v) is 10.1. The van der Waals surface area contributed by atoms with Crippen LogP contribution < -0.4 is 10.1 Å². The molecule has 1 aromatic carbocycles. The minimum Gasteiger partial charge on any atom is -0.484 e. The Balaban J connectivity index is 1.59. The Morgan fingerprint density at radius 2 is 2.00 bits per heavy atom. The number of nitrogens with zero attached hydrogens (tertiary/aromatic N) is 4. The van der Waals surface area contributed by atoms with Crippen molar-refractivity contribution in [1.29, 1.82) is 0 Å². The van der Waals surface area contributed by atoms with Crippen molar-refractivity contribution in [3.8, 4) is 16.9 Å². The van der Waals surface area contributed by atoms with Gasteiger partial charge in [-0.2, -0.15) is 18.3 Å². The van der Waals surface area contributed by atoms with Gasteiger partial charge in [-0.05, 0) is 37.3 Å². The van der Waals surface area contributed by atoms with Gasteiger partial charge in [0.1, 0.15) is 17.4 Å². The smallest absolute Gasteiger partial charge is 0.422 e. The third-order valence-electron chi connectivity index (χ3n) is 4.98. The molecule has 3 heterocycles. The van der Waals surface area contributed by atoms with E-state index in [0.29, 0.717) is 18.0 Å². The van der Waals surface area contributed by atoms with Crippen molar-refractivity contribution in [3.05, 3.63) is 66.5 Å². The fourth-order valence-electron chi connectivity index (χ4n) is 3.46. The molecule has 2 N–H and O–H groups in total. The number of aliphatic hydroxyl groups is 1. The van der Waals surface area contributed by atoms with Gasteiger partial charge in [0.05, 0.1) is 18.8 Å². The van der Waals surface area contributed by atoms with Gasteiger partial charge in [0.2, 0.25) is 0 Å². The SMILES string of the molecule is C[C@@H](Nc1ccn2ncc(-c3ccn(CCO)c3)c2n1)c1cc(F)ccc1OCC(F)(F)F. The molecular formula is C22H21F4N5O2. The first-order chi connectivity index (χ1) is 15.7. The zero-order valence-corrected chi connectivity index (χ0v) is 17.6. The van der Waals surface area contributed by atoms with Crippen LogP contribution >= 0.6 is 0 Å². The number of nitrogens with one attached hydrogen (secondary N) is 1. The van der Waals surface area contributed by atoms with Gasteiger partial charge in [-0.3, -0.25) is 0 Å². The Kier molecular flexibility index (Phi) is 6.23. The molecule has 0 spiro atoms. The summed E-state index contributed by atoms with van der Waals surface area (Å²) in [4.78, 5) is 4.59. The van der Waals surface area contributed by atoms with Crippen LogP contribution in [0.4, 0.5) is 23.4 Å². The van der Waals surface area contributed by atoms with Crippen LogP contribution in [0.15, 0.2) is 55.1 Å². The highest BCUT2D eigenvalue weighted by Crippen LogP contribution is 2.31. The maximum atomic E-state index is 13.8. The molecule has 3 aromatic heterocycles. The largest absolute Gasteiger partial charge is 0.484 e. The molecule has 0 bridgehead atoms. The van der Waals surface area contributed by atoms with E-state index in [-0.39, 0.29) is 17.9 Å². The molecule has 0 fully saturated rings. The molecule has 4 rings (SSSR count). The number of alkyl halides is 3. The number of benzene rings is 1. The van der Waals surface area contributed by atoms with Crippen molar-refractivity contribution in [2.75, 3.05) is 18.5 Å². The van der Waals surface area contributed by atoms with Crippen LogP contribution in [0, 0.1) is 5.82 Å². The molecule has 0 amide bonds. The molecule has 174 valence electrons. The van der Waals surface area contributed by atoms with Crippen LogP contribution in [0.1, 0.15) is 18.5 Å². The quantitative estimate of drug-likeness (QED) is 0.378. The molecule has 0 saturated carbocycles. The van der Waals surface area contributed by atoms with Gasteiger partial charge in [0, 0.05) is 41.8 Å². The lowest BCUT2D eigenvalue weighted by Gasteiger charge is -2.19. The van der Waals surface area contributed by atoms with E-state index in [4.69, 9.17) is 9.84 Å². The zero-order chi connectivity index (χ0) is 23.6. The minimum atomic E-state index is -4.51. The highest BCUT2D eigenvalue weighted by molar-refractivity contribution is 5.77. The third-order valence-corrected chi connectivity index (χ3v) is 4.98. The molecule has 11 heteroatoms. The number of hydrogen-bond donors (Lipinski definition) is 2. The summed E-state index contributed by atoms with van der Waals surface area (Å²) < 4.78 is 59.9. The summed E-state index contributed by atoms with van der Waals surface area (Å²) in [6.07, 6.45) is 2.56. The average Bonchev–Trinajstić information content (AvgIpc) is 3.39. The van der Waals surface area contributed by atoms with E-state index in [0.717, 1.165) is 23.3 Å². The number of fused-ring (bicyclic) bond motifs is 1. The summed E-state index contributed by atoms with van der Waals surface area (Å²) in [6, 6.07) is 6.30. The van der Waals surface area contributed by atoms with Crippen LogP contribution in [0.5, 0.6) is 5.75 Å². The molecule has 4 aromatic rings. The highest BCUT2D eigenvalue weighted by atomic mass is 19.4. The first kappa shape index (κ1) is 22.6. The maximum Gasteiger partial charge on any atom is 0.422 e. The predicted octanol–water partition coefficient (Wildman–Crippen LogP) is 4.44. The topological polar surface area (TPSA) is 76.6 Å². The predicted molar refractivity (Wildman–Crippen MR) is 113 cm³/mol. The van der Waals surface area contributed by atoms with Crippen molar-refractivity contribution >= 4 is 11.5 Å².